The Balaban J connectivity index is 2.09. The van der Waals surface area contributed by atoms with E-state index in [0.717, 1.165) is 9.49 Å². The van der Waals surface area contributed by atoms with Gasteiger partial charge in [-0.15, -0.1) is 0 Å². The van der Waals surface area contributed by atoms with Gasteiger partial charge in [0, 0.05) is 0 Å². The molecule has 0 spiro atoms. The Labute approximate surface area is 107 Å². The van der Waals surface area contributed by atoms with Gasteiger partial charge in [0.25, 0.3) is 0 Å². The van der Waals surface area contributed by atoms with Crippen molar-refractivity contribution in [2.24, 2.45) is 0 Å². The van der Waals surface area contributed by atoms with Gasteiger partial charge in [-0.05, 0) is 0 Å². The fourth-order valence-corrected chi connectivity index (χ4v) is 3.40. The van der Waals surface area contributed by atoms with E-state index in [2.05, 4.69) is 24.3 Å². The van der Waals surface area contributed by atoms with E-state index in [1.807, 2.05) is 42.5 Å². The van der Waals surface area contributed by atoms with E-state index in [0.29, 0.717) is 0 Å². The minimum absolute atomic E-state index is 0.207. The normalized spacial score (nSPS) is 11.4. The molecular formula is C14H11ClSe. The minimum atomic E-state index is 0.207. The third-order valence-electron chi connectivity index (χ3n) is 2.04. The van der Waals surface area contributed by atoms with E-state index in [9.17, 15) is 0 Å². The van der Waals surface area contributed by atoms with Gasteiger partial charge >= 0.3 is 107 Å². The topological polar surface area (TPSA) is 0 Å². The zero-order valence-electron chi connectivity index (χ0n) is 8.64. The van der Waals surface area contributed by atoms with Crippen LogP contribution in [0.3, 0.4) is 0 Å². The van der Waals surface area contributed by atoms with Gasteiger partial charge in [0.2, 0.25) is 0 Å². The molecule has 0 saturated heterocycles. The molecule has 2 heteroatoms. The van der Waals surface area contributed by atoms with E-state index < -0.39 is 0 Å². The molecule has 2 rings (SSSR count). The molecule has 0 radical (unpaired) electrons. The Morgan fingerprint density at radius 2 is 1.44 bits per heavy atom. The number of rotatable bonds is 3. The fraction of sp³-hybridized carbons (Fsp3) is 0. The van der Waals surface area contributed by atoms with Crippen molar-refractivity contribution in [1.82, 2.24) is 0 Å². The van der Waals surface area contributed by atoms with Crippen molar-refractivity contribution in [3.8, 4) is 0 Å². The molecule has 80 valence electrons. The van der Waals surface area contributed by atoms with E-state index >= 15 is 0 Å². The summed E-state index contributed by atoms with van der Waals surface area (Å²) in [5.41, 5.74) is 1.16. The van der Waals surface area contributed by atoms with Crippen molar-refractivity contribution >= 4 is 37.1 Å². The molecule has 0 N–H and O–H groups in total. The summed E-state index contributed by atoms with van der Waals surface area (Å²) in [7, 11) is 0. The standard InChI is InChI=1S/C14H11ClSe/c15-14(11-12-7-3-1-4-8-12)16-13-9-5-2-6-10-13/h1-11H/b14-11+. The summed E-state index contributed by atoms with van der Waals surface area (Å²) in [5.74, 6) is 0. The Morgan fingerprint density at radius 1 is 0.875 bits per heavy atom. The van der Waals surface area contributed by atoms with E-state index in [1.54, 1.807) is 0 Å². The summed E-state index contributed by atoms with van der Waals surface area (Å²) in [6, 6.07) is 20.5. The summed E-state index contributed by atoms with van der Waals surface area (Å²) in [6.07, 6.45) is 2.04. The van der Waals surface area contributed by atoms with Gasteiger partial charge in [0.05, 0.1) is 0 Å². The predicted octanol–water partition coefficient (Wildman–Crippen LogP) is 3.25. The summed E-state index contributed by atoms with van der Waals surface area (Å²) in [6.45, 7) is 0. The molecule has 0 amide bonds. The zero-order chi connectivity index (χ0) is 11.2. The van der Waals surface area contributed by atoms with Crippen LogP contribution in [0, 0.1) is 0 Å². The maximum atomic E-state index is 6.24. The van der Waals surface area contributed by atoms with Crippen LogP contribution in [-0.2, 0) is 0 Å². The second-order valence-corrected chi connectivity index (χ2v) is 6.53. The van der Waals surface area contributed by atoms with Gasteiger partial charge in [-0.1, -0.05) is 0 Å². The van der Waals surface area contributed by atoms with Gasteiger partial charge in [-0.2, -0.15) is 0 Å². The van der Waals surface area contributed by atoms with Crippen LogP contribution in [0.5, 0.6) is 0 Å². The van der Waals surface area contributed by atoms with Crippen LogP contribution in [0.2, 0.25) is 0 Å². The second kappa shape index (κ2) is 5.91. The zero-order valence-corrected chi connectivity index (χ0v) is 11.1. The first-order valence-corrected chi connectivity index (χ1v) is 7.09. The molecule has 0 fully saturated rings. The Kier molecular flexibility index (Phi) is 4.24. The van der Waals surface area contributed by atoms with Crippen LogP contribution in [0.4, 0.5) is 0 Å². The first-order valence-electron chi connectivity index (χ1n) is 5.00. The molecule has 2 aromatic carbocycles. The van der Waals surface area contributed by atoms with Crippen molar-refractivity contribution in [2.45, 2.75) is 0 Å². The van der Waals surface area contributed by atoms with Crippen molar-refractivity contribution < 1.29 is 0 Å². The molecule has 0 saturated carbocycles. The van der Waals surface area contributed by atoms with Crippen molar-refractivity contribution in [2.75, 3.05) is 0 Å². The van der Waals surface area contributed by atoms with Crippen LogP contribution < -0.4 is 4.46 Å². The monoisotopic (exact) mass is 294 g/mol. The predicted molar refractivity (Wildman–Crippen MR) is 72.1 cm³/mol. The van der Waals surface area contributed by atoms with Crippen LogP contribution in [-0.4, -0.2) is 15.0 Å². The molecule has 0 atom stereocenters. The van der Waals surface area contributed by atoms with Gasteiger partial charge in [0.1, 0.15) is 0 Å². The quantitative estimate of drug-likeness (QED) is 0.762. The van der Waals surface area contributed by atoms with Crippen molar-refractivity contribution in [3.63, 3.8) is 0 Å². The summed E-state index contributed by atoms with van der Waals surface area (Å²) < 4.78 is 2.22. The van der Waals surface area contributed by atoms with Crippen molar-refractivity contribution in [3.05, 3.63) is 70.2 Å². The van der Waals surface area contributed by atoms with Crippen LogP contribution in [0.25, 0.3) is 6.08 Å². The van der Waals surface area contributed by atoms with E-state index in [1.165, 1.54) is 4.46 Å². The van der Waals surface area contributed by atoms with Crippen LogP contribution in [0.15, 0.2) is 64.6 Å². The molecule has 0 aliphatic heterocycles. The van der Waals surface area contributed by atoms with Crippen molar-refractivity contribution in [1.29, 1.82) is 0 Å². The van der Waals surface area contributed by atoms with Gasteiger partial charge in [-0.3, -0.25) is 0 Å². The van der Waals surface area contributed by atoms with Gasteiger partial charge in [0.15, 0.2) is 0 Å². The molecule has 0 aromatic heterocycles. The number of hydrogen-bond donors (Lipinski definition) is 0. The van der Waals surface area contributed by atoms with E-state index in [4.69, 9.17) is 11.6 Å². The molecule has 0 nitrogen and oxygen atoms in total. The third kappa shape index (κ3) is 3.53. The summed E-state index contributed by atoms with van der Waals surface area (Å²) in [4.78, 5) is 0. The van der Waals surface area contributed by atoms with Crippen LogP contribution >= 0.6 is 11.6 Å². The van der Waals surface area contributed by atoms with E-state index in [-0.39, 0.29) is 15.0 Å². The molecule has 0 aliphatic rings. The SMILES string of the molecule is Cl/C(=C\c1ccccc1)[Se]c1ccccc1. The number of hydrogen-bond acceptors (Lipinski definition) is 0. The first kappa shape index (κ1) is 11.5. The first-order chi connectivity index (χ1) is 7.84. The Hall–Kier alpha value is -1.01. The average Bonchev–Trinajstić information content (AvgIpc) is 2.31. The van der Waals surface area contributed by atoms with Crippen LogP contribution in [0.1, 0.15) is 5.56 Å². The molecule has 0 bridgehead atoms. The average molecular weight is 294 g/mol. The molecule has 0 aliphatic carbocycles. The fourth-order valence-electron chi connectivity index (χ4n) is 1.31. The molecule has 0 unspecified atom stereocenters. The van der Waals surface area contributed by atoms with Gasteiger partial charge in [-0.25, -0.2) is 0 Å². The Bertz CT molecular complexity index is 463. The number of benzene rings is 2. The molecule has 16 heavy (non-hydrogen) atoms. The Morgan fingerprint density at radius 3 is 2.06 bits per heavy atom. The molecular weight excluding hydrogens is 283 g/mol. The maximum absolute atomic E-state index is 6.24. The second-order valence-electron chi connectivity index (χ2n) is 3.27. The third-order valence-corrected chi connectivity index (χ3v) is 4.27. The summed E-state index contributed by atoms with van der Waals surface area (Å²) >= 11 is 6.45. The number of halogens is 1. The van der Waals surface area contributed by atoms with Gasteiger partial charge < -0.3 is 0 Å². The molecule has 2 aromatic rings. The molecule has 0 heterocycles. The summed E-state index contributed by atoms with van der Waals surface area (Å²) in [5, 5.41) is 0.